The van der Waals surface area contributed by atoms with E-state index in [-0.39, 0.29) is 24.3 Å². The van der Waals surface area contributed by atoms with Crippen molar-refractivity contribution in [3.05, 3.63) is 71.0 Å². The van der Waals surface area contributed by atoms with Crippen LogP contribution in [0.15, 0.2) is 48.5 Å². The molecular weight excluding hydrogens is 291 g/mol. The molecule has 1 atom stereocenters. The number of esters is 1. The fourth-order valence-corrected chi connectivity index (χ4v) is 2.46. The summed E-state index contributed by atoms with van der Waals surface area (Å²) in [5.41, 5.74) is 2.85. The molecule has 0 bridgehead atoms. The second kappa shape index (κ2) is 7.91. The van der Waals surface area contributed by atoms with Crippen LogP contribution in [0, 0.1) is 11.7 Å². The summed E-state index contributed by atoms with van der Waals surface area (Å²) in [7, 11) is 0. The van der Waals surface area contributed by atoms with Crippen LogP contribution in [0.4, 0.5) is 4.39 Å². The van der Waals surface area contributed by atoms with Gasteiger partial charge in [0, 0.05) is 0 Å². The first-order valence-corrected chi connectivity index (χ1v) is 7.95. The Balaban J connectivity index is 1.93. The van der Waals surface area contributed by atoms with Crippen LogP contribution in [0.5, 0.6) is 0 Å². The molecule has 0 aliphatic carbocycles. The normalized spacial score (nSPS) is 12.2. The van der Waals surface area contributed by atoms with E-state index in [9.17, 15) is 9.18 Å². The highest BCUT2D eigenvalue weighted by Gasteiger charge is 2.17. The van der Waals surface area contributed by atoms with Crippen molar-refractivity contribution in [2.45, 2.75) is 39.7 Å². The number of hydrogen-bond acceptors (Lipinski definition) is 2. The molecule has 0 saturated carbocycles. The van der Waals surface area contributed by atoms with Crippen molar-refractivity contribution in [2.75, 3.05) is 0 Å². The monoisotopic (exact) mass is 314 g/mol. The van der Waals surface area contributed by atoms with Gasteiger partial charge in [0.2, 0.25) is 0 Å². The number of rotatable bonds is 6. The Morgan fingerprint density at radius 3 is 2.35 bits per heavy atom. The predicted octanol–water partition coefficient (Wildman–Crippen LogP) is 4.87. The standard InChI is InChI=1S/C20H23FO2/c1-14(2)11-16-7-9-18(10-8-16)15(3)20(22)23-13-17-5-4-6-19(21)12-17/h4-10,12,14-15H,11,13H2,1-3H3. The van der Waals surface area contributed by atoms with Crippen molar-refractivity contribution < 1.29 is 13.9 Å². The first kappa shape index (κ1) is 17.2. The van der Waals surface area contributed by atoms with Gasteiger partial charge in [0.1, 0.15) is 12.4 Å². The van der Waals surface area contributed by atoms with Crippen LogP contribution >= 0.6 is 0 Å². The molecule has 2 aromatic rings. The maximum absolute atomic E-state index is 13.1. The molecule has 0 fully saturated rings. The smallest absolute Gasteiger partial charge is 0.313 e. The Hall–Kier alpha value is -2.16. The molecule has 2 nitrogen and oxygen atoms in total. The summed E-state index contributed by atoms with van der Waals surface area (Å²) < 4.78 is 18.4. The molecule has 0 N–H and O–H groups in total. The van der Waals surface area contributed by atoms with Crippen LogP contribution in [0.3, 0.4) is 0 Å². The van der Waals surface area contributed by atoms with E-state index in [1.807, 2.05) is 19.1 Å². The molecule has 0 aliphatic heterocycles. The van der Waals surface area contributed by atoms with Crippen molar-refractivity contribution in [3.63, 3.8) is 0 Å². The first-order valence-electron chi connectivity index (χ1n) is 7.95. The second-order valence-electron chi connectivity index (χ2n) is 6.30. The average Bonchev–Trinajstić information content (AvgIpc) is 2.52. The third kappa shape index (κ3) is 5.20. The van der Waals surface area contributed by atoms with E-state index < -0.39 is 0 Å². The zero-order valence-electron chi connectivity index (χ0n) is 13.9. The first-order chi connectivity index (χ1) is 11.0. The minimum absolute atomic E-state index is 0.0896. The Morgan fingerprint density at radius 2 is 1.74 bits per heavy atom. The molecule has 0 heterocycles. The van der Waals surface area contributed by atoms with Crippen molar-refractivity contribution in [1.82, 2.24) is 0 Å². The maximum Gasteiger partial charge on any atom is 0.313 e. The van der Waals surface area contributed by atoms with E-state index in [1.165, 1.54) is 17.7 Å². The highest BCUT2D eigenvalue weighted by atomic mass is 19.1. The minimum Gasteiger partial charge on any atom is -0.460 e. The van der Waals surface area contributed by atoms with E-state index >= 15 is 0 Å². The van der Waals surface area contributed by atoms with Crippen molar-refractivity contribution in [1.29, 1.82) is 0 Å². The van der Waals surface area contributed by atoms with Crippen molar-refractivity contribution in [2.24, 2.45) is 5.92 Å². The zero-order valence-corrected chi connectivity index (χ0v) is 13.9. The highest BCUT2D eigenvalue weighted by Crippen LogP contribution is 2.19. The van der Waals surface area contributed by atoms with E-state index in [2.05, 4.69) is 26.0 Å². The summed E-state index contributed by atoms with van der Waals surface area (Å²) in [6.45, 7) is 6.28. The summed E-state index contributed by atoms with van der Waals surface area (Å²) >= 11 is 0. The number of halogens is 1. The fraction of sp³-hybridized carbons (Fsp3) is 0.350. The molecule has 0 radical (unpaired) electrons. The van der Waals surface area contributed by atoms with Crippen LogP contribution in [0.1, 0.15) is 43.4 Å². The Bertz CT molecular complexity index is 647. The van der Waals surface area contributed by atoms with Crippen LogP contribution in [0.25, 0.3) is 0 Å². The minimum atomic E-state index is -0.336. The molecule has 0 saturated heterocycles. The fourth-order valence-electron chi connectivity index (χ4n) is 2.46. The summed E-state index contributed by atoms with van der Waals surface area (Å²) in [5, 5.41) is 0. The Labute approximate surface area is 137 Å². The molecule has 2 rings (SSSR count). The van der Waals surface area contributed by atoms with Gasteiger partial charge in [-0.25, -0.2) is 4.39 Å². The van der Waals surface area contributed by atoms with E-state index in [0.29, 0.717) is 11.5 Å². The van der Waals surface area contributed by atoms with Crippen molar-refractivity contribution >= 4 is 5.97 Å². The molecule has 2 aromatic carbocycles. The van der Waals surface area contributed by atoms with Gasteiger partial charge in [-0.15, -0.1) is 0 Å². The van der Waals surface area contributed by atoms with Crippen molar-refractivity contribution in [3.8, 4) is 0 Å². The topological polar surface area (TPSA) is 26.3 Å². The largest absolute Gasteiger partial charge is 0.460 e. The average molecular weight is 314 g/mol. The van der Waals surface area contributed by atoms with E-state index in [0.717, 1.165) is 12.0 Å². The summed E-state index contributed by atoms with van der Waals surface area (Å²) in [6, 6.07) is 14.2. The van der Waals surface area contributed by atoms with E-state index in [1.54, 1.807) is 12.1 Å². The number of carbonyl (C=O) groups excluding carboxylic acids is 1. The van der Waals surface area contributed by atoms with Gasteiger partial charge >= 0.3 is 5.97 Å². The quantitative estimate of drug-likeness (QED) is 0.711. The molecule has 3 heteroatoms. The summed E-state index contributed by atoms with van der Waals surface area (Å²) in [4.78, 5) is 12.1. The van der Waals surface area contributed by atoms with Crippen LogP contribution in [-0.4, -0.2) is 5.97 Å². The lowest BCUT2D eigenvalue weighted by Gasteiger charge is -2.13. The van der Waals surface area contributed by atoms with Gasteiger partial charge in [-0.3, -0.25) is 4.79 Å². The SMILES string of the molecule is CC(C)Cc1ccc(C(C)C(=O)OCc2cccc(F)c2)cc1. The third-order valence-electron chi connectivity index (χ3n) is 3.75. The van der Waals surface area contributed by atoms with Gasteiger partial charge in [-0.1, -0.05) is 50.2 Å². The molecule has 0 amide bonds. The summed E-state index contributed by atoms with van der Waals surface area (Å²) in [5.74, 6) is -0.357. The number of hydrogen-bond donors (Lipinski definition) is 0. The number of carbonyl (C=O) groups is 1. The van der Waals surface area contributed by atoms with E-state index in [4.69, 9.17) is 4.74 Å². The van der Waals surface area contributed by atoms with Gasteiger partial charge in [-0.05, 0) is 48.1 Å². The lowest BCUT2D eigenvalue weighted by Crippen LogP contribution is -2.13. The maximum atomic E-state index is 13.1. The number of ether oxygens (including phenoxy) is 1. The molecular formula is C20H23FO2. The lowest BCUT2D eigenvalue weighted by molar-refractivity contribution is -0.146. The molecule has 0 spiro atoms. The highest BCUT2D eigenvalue weighted by molar-refractivity contribution is 5.77. The van der Waals surface area contributed by atoms with Crippen LogP contribution in [-0.2, 0) is 22.6 Å². The molecule has 0 aliphatic rings. The van der Waals surface area contributed by atoms with Gasteiger partial charge in [0.15, 0.2) is 0 Å². The molecule has 23 heavy (non-hydrogen) atoms. The summed E-state index contributed by atoms with van der Waals surface area (Å²) in [6.07, 6.45) is 1.03. The number of benzene rings is 2. The molecule has 0 aromatic heterocycles. The third-order valence-corrected chi connectivity index (χ3v) is 3.75. The van der Waals surface area contributed by atoms with Crippen LogP contribution in [0.2, 0.25) is 0 Å². The van der Waals surface area contributed by atoms with Gasteiger partial charge < -0.3 is 4.74 Å². The second-order valence-corrected chi connectivity index (χ2v) is 6.30. The predicted molar refractivity (Wildman–Crippen MR) is 89.6 cm³/mol. The zero-order chi connectivity index (χ0) is 16.8. The van der Waals surface area contributed by atoms with Gasteiger partial charge in [0.05, 0.1) is 5.92 Å². The van der Waals surface area contributed by atoms with Gasteiger partial charge in [0.25, 0.3) is 0 Å². The van der Waals surface area contributed by atoms with Crippen LogP contribution < -0.4 is 0 Å². The Morgan fingerprint density at radius 1 is 1.04 bits per heavy atom. The Kier molecular flexibility index (Phi) is 5.91. The molecule has 1 unspecified atom stereocenters. The van der Waals surface area contributed by atoms with Gasteiger partial charge in [-0.2, -0.15) is 0 Å². The molecule has 122 valence electrons. The lowest BCUT2D eigenvalue weighted by atomic mass is 9.97.